The van der Waals surface area contributed by atoms with Gasteiger partial charge in [-0.3, -0.25) is 14.2 Å². The van der Waals surface area contributed by atoms with Crippen LogP contribution in [0.3, 0.4) is 0 Å². The average molecular weight is 362 g/mol. The lowest BCUT2D eigenvalue weighted by molar-refractivity contribution is -0.116. The maximum absolute atomic E-state index is 12.5. The lowest BCUT2D eigenvalue weighted by Gasteiger charge is -2.14. The van der Waals surface area contributed by atoms with E-state index >= 15 is 0 Å². The predicted molar refractivity (Wildman–Crippen MR) is 108 cm³/mol. The number of rotatable bonds is 5. The molecule has 2 aromatic carbocycles. The number of hydrogen-bond acceptors (Lipinski definition) is 4. The summed E-state index contributed by atoms with van der Waals surface area (Å²) in [5, 5.41) is 5.95. The number of aromatic nitrogens is 2. The van der Waals surface area contributed by atoms with Crippen LogP contribution in [0, 0.1) is 20.8 Å². The van der Waals surface area contributed by atoms with Crippen LogP contribution in [-0.4, -0.2) is 15.5 Å². The van der Waals surface area contributed by atoms with Crippen LogP contribution in [0.1, 0.15) is 16.8 Å². The van der Waals surface area contributed by atoms with Gasteiger partial charge in [0.25, 0.3) is 5.56 Å². The molecule has 0 saturated heterocycles. The first-order chi connectivity index (χ1) is 12.9. The summed E-state index contributed by atoms with van der Waals surface area (Å²) in [4.78, 5) is 29.3. The fourth-order valence-electron chi connectivity index (χ4n) is 2.70. The number of benzene rings is 2. The van der Waals surface area contributed by atoms with Crippen molar-refractivity contribution in [3.05, 3.63) is 81.8 Å². The molecular formula is C21H22N4O2. The fourth-order valence-corrected chi connectivity index (χ4v) is 2.70. The van der Waals surface area contributed by atoms with E-state index < -0.39 is 0 Å². The van der Waals surface area contributed by atoms with E-state index in [1.165, 1.54) is 10.6 Å². The van der Waals surface area contributed by atoms with Crippen molar-refractivity contribution in [2.75, 3.05) is 10.6 Å². The number of nitrogens with one attached hydrogen (secondary N) is 2. The van der Waals surface area contributed by atoms with Crippen LogP contribution in [0.5, 0.6) is 0 Å². The number of amides is 1. The van der Waals surface area contributed by atoms with E-state index in [4.69, 9.17) is 0 Å². The number of hydrogen-bond donors (Lipinski definition) is 2. The van der Waals surface area contributed by atoms with Gasteiger partial charge in [0.1, 0.15) is 6.54 Å². The molecule has 1 amide bonds. The van der Waals surface area contributed by atoms with Gasteiger partial charge in [0, 0.05) is 23.1 Å². The molecule has 6 nitrogen and oxygen atoms in total. The Balaban J connectivity index is 1.84. The van der Waals surface area contributed by atoms with E-state index in [1.54, 1.807) is 6.92 Å². The molecule has 2 N–H and O–H groups in total. The van der Waals surface area contributed by atoms with Crippen LogP contribution in [0.2, 0.25) is 0 Å². The third kappa shape index (κ3) is 4.82. The molecule has 0 fully saturated rings. The quantitative estimate of drug-likeness (QED) is 0.728. The SMILES string of the molecule is Cc1ccc(NC(=O)Cn2c(Nc3cccc(C)c3)nc(C)cc2=O)cc1. The molecule has 0 unspecified atom stereocenters. The topological polar surface area (TPSA) is 76.0 Å². The van der Waals surface area contributed by atoms with Gasteiger partial charge in [-0.2, -0.15) is 0 Å². The summed E-state index contributed by atoms with van der Waals surface area (Å²) in [6, 6.07) is 16.6. The van der Waals surface area contributed by atoms with Crippen LogP contribution >= 0.6 is 0 Å². The number of aryl methyl sites for hydroxylation is 3. The third-order valence-corrected chi connectivity index (χ3v) is 4.05. The van der Waals surface area contributed by atoms with E-state index in [-0.39, 0.29) is 18.0 Å². The van der Waals surface area contributed by atoms with Gasteiger partial charge in [-0.1, -0.05) is 29.8 Å². The highest BCUT2D eigenvalue weighted by Crippen LogP contribution is 2.16. The summed E-state index contributed by atoms with van der Waals surface area (Å²) in [5.74, 6) is 0.0450. The first-order valence-corrected chi connectivity index (χ1v) is 8.69. The normalized spacial score (nSPS) is 10.5. The Kier molecular flexibility index (Phi) is 5.35. The summed E-state index contributed by atoms with van der Waals surface area (Å²) >= 11 is 0. The van der Waals surface area contributed by atoms with Gasteiger partial charge in [-0.25, -0.2) is 4.98 Å². The minimum atomic E-state index is -0.293. The Bertz CT molecular complexity index is 1020. The summed E-state index contributed by atoms with van der Waals surface area (Å²) in [5.41, 5.74) is 3.99. The van der Waals surface area contributed by atoms with Crippen LogP contribution in [-0.2, 0) is 11.3 Å². The second kappa shape index (κ2) is 7.86. The Morgan fingerprint density at radius 1 is 0.963 bits per heavy atom. The molecule has 0 radical (unpaired) electrons. The van der Waals surface area contributed by atoms with Crippen LogP contribution < -0.4 is 16.2 Å². The molecule has 0 saturated carbocycles. The van der Waals surface area contributed by atoms with Gasteiger partial charge in [0.05, 0.1) is 0 Å². The predicted octanol–water partition coefficient (Wildman–Crippen LogP) is 3.55. The Labute approximate surface area is 157 Å². The van der Waals surface area contributed by atoms with Gasteiger partial charge in [-0.15, -0.1) is 0 Å². The summed E-state index contributed by atoms with van der Waals surface area (Å²) in [6.45, 7) is 5.58. The molecule has 0 aliphatic heterocycles. The monoisotopic (exact) mass is 362 g/mol. The molecule has 0 aliphatic rings. The zero-order valence-corrected chi connectivity index (χ0v) is 15.6. The lowest BCUT2D eigenvalue weighted by atomic mass is 10.2. The number of anilines is 3. The molecule has 1 heterocycles. The molecule has 3 rings (SSSR count). The first-order valence-electron chi connectivity index (χ1n) is 8.69. The molecule has 1 aromatic heterocycles. The summed E-state index contributed by atoms with van der Waals surface area (Å²) < 4.78 is 1.33. The van der Waals surface area contributed by atoms with Crippen molar-refractivity contribution in [1.29, 1.82) is 0 Å². The third-order valence-electron chi connectivity index (χ3n) is 4.05. The maximum atomic E-state index is 12.5. The molecular weight excluding hydrogens is 340 g/mol. The molecule has 0 atom stereocenters. The first kappa shape index (κ1) is 18.4. The Morgan fingerprint density at radius 3 is 2.41 bits per heavy atom. The smallest absolute Gasteiger partial charge is 0.255 e. The molecule has 0 bridgehead atoms. The van der Waals surface area contributed by atoms with E-state index in [9.17, 15) is 9.59 Å². The van der Waals surface area contributed by atoms with E-state index in [0.717, 1.165) is 16.8 Å². The van der Waals surface area contributed by atoms with Gasteiger partial charge < -0.3 is 10.6 Å². The minimum Gasteiger partial charge on any atom is -0.326 e. The number of carbonyl (C=O) groups excluding carboxylic acids is 1. The fraction of sp³-hybridized carbons (Fsp3) is 0.190. The number of nitrogens with zero attached hydrogens (tertiary/aromatic N) is 2. The van der Waals surface area contributed by atoms with E-state index in [1.807, 2.05) is 62.4 Å². The molecule has 27 heavy (non-hydrogen) atoms. The standard InChI is InChI=1S/C21H22N4O2/c1-14-7-9-17(10-8-14)23-19(26)13-25-20(27)12-16(3)22-21(25)24-18-6-4-5-15(2)11-18/h4-12H,13H2,1-3H3,(H,22,24)(H,23,26). The second-order valence-corrected chi connectivity index (χ2v) is 6.55. The van der Waals surface area contributed by atoms with E-state index in [0.29, 0.717) is 17.3 Å². The van der Waals surface area contributed by atoms with Crippen molar-refractivity contribution in [2.24, 2.45) is 0 Å². The van der Waals surface area contributed by atoms with Crippen LogP contribution in [0.15, 0.2) is 59.4 Å². The second-order valence-electron chi connectivity index (χ2n) is 6.55. The molecule has 0 spiro atoms. The lowest BCUT2D eigenvalue weighted by Crippen LogP contribution is -2.30. The highest BCUT2D eigenvalue weighted by Gasteiger charge is 2.12. The van der Waals surface area contributed by atoms with Gasteiger partial charge >= 0.3 is 0 Å². The summed E-state index contributed by atoms with van der Waals surface area (Å²) in [6.07, 6.45) is 0. The highest BCUT2D eigenvalue weighted by molar-refractivity contribution is 5.90. The molecule has 138 valence electrons. The van der Waals surface area contributed by atoms with Gasteiger partial charge in [-0.05, 0) is 50.6 Å². The Morgan fingerprint density at radius 2 is 1.70 bits per heavy atom. The minimum absolute atomic E-state index is 0.131. The molecule has 0 aliphatic carbocycles. The zero-order chi connectivity index (χ0) is 19.4. The van der Waals surface area contributed by atoms with Crippen molar-refractivity contribution in [3.8, 4) is 0 Å². The van der Waals surface area contributed by atoms with Crippen molar-refractivity contribution < 1.29 is 4.79 Å². The molecule has 6 heteroatoms. The van der Waals surface area contributed by atoms with Crippen molar-refractivity contribution in [3.63, 3.8) is 0 Å². The van der Waals surface area contributed by atoms with Crippen molar-refractivity contribution in [1.82, 2.24) is 9.55 Å². The zero-order valence-electron chi connectivity index (χ0n) is 15.6. The van der Waals surface area contributed by atoms with Crippen LogP contribution in [0.4, 0.5) is 17.3 Å². The van der Waals surface area contributed by atoms with Gasteiger partial charge in [0.15, 0.2) is 0 Å². The van der Waals surface area contributed by atoms with Crippen molar-refractivity contribution >= 4 is 23.2 Å². The summed E-state index contributed by atoms with van der Waals surface area (Å²) in [7, 11) is 0. The number of carbonyl (C=O) groups is 1. The van der Waals surface area contributed by atoms with Crippen molar-refractivity contribution in [2.45, 2.75) is 27.3 Å². The maximum Gasteiger partial charge on any atom is 0.255 e. The van der Waals surface area contributed by atoms with Crippen LogP contribution in [0.25, 0.3) is 0 Å². The highest BCUT2D eigenvalue weighted by atomic mass is 16.2. The van der Waals surface area contributed by atoms with E-state index in [2.05, 4.69) is 15.6 Å². The molecule has 3 aromatic rings. The average Bonchev–Trinajstić information content (AvgIpc) is 2.60. The van der Waals surface area contributed by atoms with Gasteiger partial charge in [0.2, 0.25) is 11.9 Å². The Hall–Kier alpha value is -3.41. The largest absolute Gasteiger partial charge is 0.326 e.